The second-order valence-corrected chi connectivity index (χ2v) is 7.42. The van der Waals surface area contributed by atoms with Crippen LogP contribution in [0.25, 0.3) is 10.9 Å². The molecule has 1 aromatic carbocycles. The summed E-state index contributed by atoms with van der Waals surface area (Å²) in [5, 5.41) is 21.1. The van der Waals surface area contributed by atoms with Crippen LogP contribution in [0.3, 0.4) is 0 Å². The van der Waals surface area contributed by atoms with E-state index in [2.05, 4.69) is 0 Å². The molecule has 1 N–H and O–H groups in total. The Morgan fingerprint density at radius 1 is 1.43 bits per heavy atom. The van der Waals surface area contributed by atoms with Gasteiger partial charge in [-0.25, -0.2) is 8.42 Å². The normalized spacial score (nSPS) is 18.0. The van der Waals surface area contributed by atoms with Crippen LogP contribution in [-0.4, -0.2) is 30.3 Å². The highest BCUT2D eigenvalue weighted by Gasteiger charge is 2.27. The van der Waals surface area contributed by atoms with Gasteiger partial charge in [0.25, 0.3) is 0 Å². The Balaban J connectivity index is 2.25. The maximum absolute atomic E-state index is 11.9. The van der Waals surface area contributed by atoms with Gasteiger partial charge in [-0.15, -0.1) is 0 Å². The first-order valence-electron chi connectivity index (χ1n) is 6.53. The molecular weight excluding hydrogens is 294 g/mol. The summed E-state index contributed by atoms with van der Waals surface area (Å²) >= 11 is 0. The third-order valence-corrected chi connectivity index (χ3v) is 5.07. The molecule has 0 saturated heterocycles. The van der Waals surface area contributed by atoms with Crippen molar-refractivity contribution in [3.63, 3.8) is 0 Å². The van der Waals surface area contributed by atoms with E-state index >= 15 is 0 Å². The number of hydrogen-bond acceptors (Lipinski definition) is 5. The number of benzene rings is 1. The van der Waals surface area contributed by atoms with Gasteiger partial charge in [-0.1, -0.05) is 0 Å². The van der Waals surface area contributed by atoms with Crippen LogP contribution >= 0.6 is 0 Å². The zero-order valence-electron chi connectivity index (χ0n) is 11.4. The van der Waals surface area contributed by atoms with Gasteiger partial charge in [0.05, 0.1) is 10.4 Å². The number of aliphatic carboxylic acids is 1. The molecule has 6 nitrogen and oxygen atoms in total. The van der Waals surface area contributed by atoms with E-state index in [0.29, 0.717) is 23.9 Å². The van der Waals surface area contributed by atoms with E-state index in [4.69, 9.17) is 0 Å². The van der Waals surface area contributed by atoms with E-state index in [1.807, 2.05) is 4.57 Å². The van der Waals surface area contributed by atoms with E-state index in [0.717, 1.165) is 11.9 Å². The van der Waals surface area contributed by atoms with Crippen molar-refractivity contribution in [1.82, 2.24) is 4.57 Å². The summed E-state index contributed by atoms with van der Waals surface area (Å²) < 4.78 is 25.6. The van der Waals surface area contributed by atoms with Crippen LogP contribution in [0.15, 0.2) is 23.1 Å². The molecule has 2 aromatic rings. The molecule has 1 aliphatic heterocycles. The Labute approximate surface area is 121 Å². The van der Waals surface area contributed by atoms with Crippen molar-refractivity contribution < 1.29 is 23.4 Å². The Morgan fingerprint density at radius 2 is 2.14 bits per heavy atom. The van der Waals surface area contributed by atoms with E-state index in [1.54, 1.807) is 6.07 Å². The molecule has 112 valence electrons. The van der Waals surface area contributed by atoms with Gasteiger partial charge < -0.3 is 19.6 Å². The molecule has 1 atom stereocenters. The minimum atomic E-state index is -3.48. The molecule has 1 unspecified atom stereocenters. The van der Waals surface area contributed by atoms with Crippen LogP contribution in [-0.2, 0) is 21.2 Å². The van der Waals surface area contributed by atoms with E-state index in [9.17, 15) is 23.4 Å². The number of carboxylic acids is 1. The lowest BCUT2D eigenvalue weighted by molar-refractivity contribution is -0.306. The molecule has 1 aromatic heterocycles. The number of phenols is 1. The van der Waals surface area contributed by atoms with Crippen LogP contribution in [0.5, 0.6) is 5.75 Å². The number of nitrogens with zero attached hydrogens (tertiary/aromatic N) is 1. The molecule has 0 spiro atoms. The molecule has 0 bridgehead atoms. The molecule has 3 rings (SSSR count). The number of phenolic OH excluding ortho intramolecular Hbond substituents is 1. The maximum Gasteiger partial charge on any atom is 0.176 e. The quantitative estimate of drug-likeness (QED) is 0.883. The summed E-state index contributed by atoms with van der Waals surface area (Å²) in [6.45, 7) is 0.601. The first-order chi connectivity index (χ1) is 9.77. The second kappa shape index (κ2) is 4.49. The molecule has 2 heterocycles. The molecule has 0 saturated carbocycles. The monoisotopic (exact) mass is 308 g/mol. The molecule has 0 fully saturated rings. The molecule has 7 heteroatoms. The van der Waals surface area contributed by atoms with Gasteiger partial charge in [0.1, 0.15) is 5.75 Å². The predicted molar refractivity (Wildman–Crippen MR) is 73.7 cm³/mol. The second-order valence-electron chi connectivity index (χ2n) is 5.43. The van der Waals surface area contributed by atoms with Crippen LogP contribution in [0.1, 0.15) is 24.5 Å². The summed E-state index contributed by atoms with van der Waals surface area (Å²) in [6, 6.07) is 4.45. The van der Waals surface area contributed by atoms with E-state index in [1.165, 1.54) is 12.1 Å². The smallest absolute Gasteiger partial charge is 0.176 e. The number of carbonyl (C=O) groups excluding carboxylic acids is 1. The Hall–Kier alpha value is -2.02. The fourth-order valence-electron chi connectivity index (χ4n) is 3.07. The maximum atomic E-state index is 11.9. The minimum absolute atomic E-state index is 0.0617. The highest BCUT2D eigenvalue weighted by Crippen LogP contribution is 2.39. The number of fused-ring (bicyclic) bond motifs is 3. The lowest BCUT2D eigenvalue weighted by Gasteiger charge is -2.09. The van der Waals surface area contributed by atoms with Crippen LogP contribution < -0.4 is 5.11 Å². The van der Waals surface area contributed by atoms with E-state index in [-0.39, 0.29) is 23.0 Å². The zero-order valence-corrected chi connectivity index (χ0v) is 12.2. The molecule has 1 aliphatic rings. The topological polar surface area (TPSA) is 99.4 Å². The van der Waals surface area contributed by atoms with Crippen molar-refractivity contribution in [1.29, 1.82) is 0 Å². The van der Waals surface area contributed by atoms with Gasteiger partial charge in [0.2, 0.25) is 0 Å². The predicted octanol–water partition coefficient (Wildman–Crippen LogP) is 0.378. The number of sulfone groups is 1. The summed E-state index contributed by atoms with van der Waals surface area (Å²) in [5.41, 5.74) is 1.40. The summed E-state index contributed by atoms with van der Waals surface area (Å²) in [6.07, 6.45) is 1.67. The lowest BCUT2D eigenvalue weighted by Crippen LogP contribution is -2.23. The summed E-state index contributed by atoms with van der Waals surface area (Å²) in [4.78, 5) is 10.9. The molecule has 21 heavy (non-hydrogen) atoms. The number of rotatable bonds is 3. The third-order valence-electron chi connectivity index (χ3n) is 3.93. The standard InChI is InChI=1S/C14H15NO5S/c1-21(19,20)13-6-9(16)5-12-10(13)7-11-8(4-14(17)18)2-3-15(11)12/h5-8,16H,2-4H2,1H3,(H,17,18)/p-1. The largest absolute Gasteiger partial charge is 0.550 e. The van der Waals surface area contributed by atoms with Crippen molar-refractivity contribution >= 4 is 26.7 Å². The highest BCUT2D eigenvalue weighted by molar-refractivity contribution is 7.91. The number of carboxylic acid groups (broad SMARTS) is 1. The molecule has 0 aliphatic carbocycles. The van der Waals surface area contributed by atoms with Crippen LogP contribution in [0, 0.1) is 0 Å². The average Bonchev–Trinajstić information content (AvgIpc) is 2.87. The Morgan fingerprint density at radius 3 is 2.76 bits per heavy atom. The first-order valence-corrected chi connectivity index (χ1v) is 8.42. The van der Waals surface area contributed by atoms with Gasteiger partial charge in [-0.05, 0) is 25.0 Å². The first kappa shape index (κ1) is 13.9. The Kier molecular flexibility index (Phi) is 2.98. The van der Waals surface area contributed by atoms with Gasteiger partial charge in [0, 0.05) is 41.8 Å². The van der Waals surface area contributed by atoms with Crippen molar-refractivity contribution in [3.05, 3.63) is 23.9 Å². The number of carbonyl (C=O) groups is 1. The van der Waals surface area contributed by atoms with Crippen molar-refractivity contribution in [3.8, 4) is 5.75 Å². The number of aromatic hydroxyl groups is 1. The van der Waals surface area contributed by atoms with Crippen molar-refractivity contribution in [2.24, 2.45) is 0 Å². The number of aromatic nitrogens is 1. The van der Waals surface area contributed by atoms with Gasteiger partial charge in [-0.2, -0.15) is 0 Å². The van der Waals surface area contributed by atoms with Gasteiger partial charge >= 0.3 is 0 Å². The molecule has 0 radical (unpaired) electrons. The summed E-state index contributed by atoms with van der Waals surface area (Å²) in [5.74, 6) is -1.42. The minimum Gasteiger partial charge on any atom is -0.550 e. The fourth-order valence-corrected chi connectivity index (χ4v) is 3.96. The molecule has 0 amide bonds. The van der Waals surface area contributed by atoms with Gasteiger partial charge in [-0.3, -0.25) is 0 Å². The number of aryl methyl sites for hydroxylation is 1. The average molecular weight is 308 g/mol. The van der Waals surface area contributed by atoms with Gasteiger partial charge in [0.15, 0.2) is 9.84 Å². The fraction of sp³-hybridized carbons (Fsp3) is 0.357. The van der Waals surface area contributed by atoms with Crippen LogP contribution in [0.4, 0.5) is 0 Å². The summed E-state index contributed by atoms with van der Waals surface area (Å²) in [7, 11) is -3.48. The van der Waals surface area contributed by atoms with Crippen LogP contribution in [0.2, 0.25) is 0 Å². The Bertz CT molecular complexity index is 850. The zero-order chi connectivity index (χ0) is 15.4. The SMILES string of the molecule is CS(=O)(=O)c1cc(O)cc2c1cc1n2CCC1CC(=O)[O-]. The van der Waals surface area contributed by atoms with Crippen molar-refractivity contribution in [2.75, 3.05) is 6.26 Å². The lowest BCUT2D eigenvalue weighted by atomic mass is 10.0. The highest BCUT2D eigenvalue weighted by atomic mass is 32.2. The van der Waals surface area contributed by atoms with E-state index < -0.39 is 15.8 Å². The number of hydrogen-bond donors (Lipinski definition) is 1. The third kappa shape index (κ3) is 2.27. The van der Waals surface area contributed by atoms with Crippen molar-refractivity contribution in [2.45, 2.75) is 30.2 Å². The molecular formula is C14H14NO5S-.